The zero-order valence-corrected chi connectivity index (χ0v) is 22.7. The highest BCUT2D eigenvalue weighted by Crippen LogP contribution is 2.47. The molecular weight excluding hydrogens is 572 g/mol. The second-order valence-corrected chi connectivity index (χ2v) is 11.4. The number of benzene rings is 2. The number of carbonyl (C=O) groups excluding carboxylic acids is 2. The van der Waals surface area contributed by atoms with E-state index in [0.29, 0.717) is 45.6 Å². The van der Waals surface area contributed by atoms with Crippen LogP contribution in [0, 0.1) is 11.3 Å². The van der Waals surface area contributed by atoms with Crippen LogP contribution in [0.15, 0.2) is 86.1 Å². The molecule has 2 aliphatic rings. The van der Waals surface area contributed by atoms with Crippen molar-refractivity contribution in [2.24, 2.45) is 5.73 Å². The molecule has 1 aliphatic heterocycles. The van der Waals surface area contributed by atoms with E-state index in [1.54, 1.807) is 4.90 Å². The average molecular weight is 594 g/mol. The second-order valence-electron chi connectivity index (χ2n) is 8.39. The van der Waals surface area contributed by atoms with Crippen molar-refractivity contribution in [3.8, 4) is 6.07 Å². The van der Waals surface area contributed by atoms with Gasteiger partial charge in [-0.15, -0.1) is 10.2 Å². The summed E-state index contributed by atoms with van der Waals surface area (Å²) in [6.45, 7) is 0. The summed E-state index contributed by atoms with van der Waals surface area (Å²) in [4.78, 5) is 27.3. The molecule has 0 fully saturated rings. The number of halogens is 1. The molecule has 0 bridgehead atoms. The Morgan fingerprint density at radius 3 is 2.70 bits per heavy atom. The zero-order chi connectivity index (χ0) is 25.9. The maximum Gasteiger partial charge on any atom is 0.234 e. The number of carbonyl (C=O) groups is 2. The predicted molar refractivity (Wildman–Crippen MR) is 148 cm³/mol. The average Bonchev–Trinajstić information content (AvgIpc) is 3.37. The molecule has 0 saturated carbocycles. The second kappa shape index (κ2) is 10.9. The van der Waals surface area contributed by atoms with Gasteiger partial charge >= 0.3 is 0 Å². The number of thioether (sulfide) groups is 1. The van der Waals surface area contributed by atoms with E-state index in [-0.39, 0.29) is 23.3 Å². The maximum atomic E-state index is 13.2. The number of nitrogens with zero attached hydrogens (tertiary/aromatic N) is 4. The molecule has 1 amide bonds. The van der Waals surface area contributed by atoms with Gasteiger partial charge in [-0.1, -0.05) is 65.6 Å². The summed E-state index contributed by atoms with van der Waals surface area (Å²) in [6, 6.07) is 19.1. The van der Waals surface area contributed by atoms with E-state index in [0.717, 1.165) is 15.7 Å². The third-order valence-electron chi connectivity index (χ3n) is 6.11. The van der Waals surface area contributed by atoms with Crippen LogP contribution in [0.1, 0.15) is 30.7 Å². The first kappa shape index (κ1) is 25.2. The number of Topliss-reactive ketones (excluding diaryl/α,β-unsaturated/α-hetero) is 1. The number of amides is 1. The molecule has 0 radical (unpaired) electrons. The summed E-state index contributed by atoms with van der Waals surface area (Å²) in [7, 11) is 0. The van der Waals surface area contributed by atoms with Gasteiger partial charge in [0.2, 0.25) is 11.0 Å². The Hall–Kier alpha value is -3.46. The Kier molecular flexibility index (Phi) is 7.41. The molecule has 37 heavy (non-hydrogen) atoms. The van der Waals surface area contributed by atoms with Crippen molar-refractivity contribution in [2.45, 2.75) is 29.5 Å². The van der Waals surface area contributed by atoms with Crippen LogP contribution >= 0.6 is 39.0 Å². The Labute approximate surface area is 230 Å². The molecule has 3 aromatic rings. The summed E-state index contributed by atoms with van der Waals surface area (Å²) >= 11 is 5.95. The SMILES string of the molecule is N#CC1=C(N)N(c2nnc(SCC(=O)Nc3ccccc3Br)s2)C2=C(C(=O)CCC2)C1c1ccccc1. The van der Waals surface area contributed by atoms with Crippen molar-refractivity contribution in [1.29, 1.82) is 5.26 Å². The monoisotopic (exact) mass is 592 g/mol. The smallest absolute Gasteiger partial charge is 0.234 e. The lowest BCUT2D eigenvalue weighted by molar-refractivity contribution is -0.116. The van der Waals surface area contributed by atoms with Crippen molar-refractivity contribution >= 4 is 61.5 Å². The Bertz CT molecular complexity index is 1480. The van der Waals surface area contributed by atoms with Crippen LogP contribution in [0.2, 0.25) is 0 Å². The molecule has 2 aromatic carbocycles. The zero-order valence-electron chi connectivity index (χ0n) is 19.5. The van der Waals surface area contributed by atoms with Gasteiger partial charge < -0.3 is 11.1 Å². The van der Waals surface area contributed by atoms with Gasteiger partial charge in [-0.3, -0.25) is 14.5 Å². The van der Waals surface area contributed by atoms with Gasteiger partial charge in [0.15, 0.2) is 10.1 Å². The van der Waals surface area contributed by atoms with Gasteiger partial charge in [0, 0.05) is 22.2 Å². The van der Waals surface area contributed by atoms with E-state index >= 15 is 0 Å². The van der Waals surface area contributed by atoms with E-state index < -0.39 is 5.92 Å². The van der Waals surface area contributed by atoms with E-state index in [1.165, 1.54) is 23.1 Å². The quantitative estimate of drug-likeness (QED) is 0.367. The van der Waals surface area contributed by atoms with Gasteiger partial charge in [0.25, 0.3) is 0 Å². The molecule has 1 atom stereocenters. The minimum Gasteiger partial charge on any atom is -0.384 e. The lowest BCUT2D eigenvalue weighted by Crippen LogP contribution is -2.38. The molecule has 1 unspecified atom stereocenters. The van der Waals surface area contributed by atoms with Crippen molar-refractivity contribution < 1.29 is 9.59 Å². The van der Waals surface area contributed by atoms with Crippen LogP contribution in [0.4, 0.5) is 10.8 Å². The predicted octanol–water partition coefficient (Wildman–Crippen LogP) is 5.34. The highest BCUT2D eigenvalue weighted by Gasteiger charge is 2.41. The van der Waals surface area contributed by atoms with Gasteiger partial charge in [0.05, 0.1) is 29.0 Å². The standard InChI is InChI=1S/C26H21BrN6O2S2/c27-17-9-4-5-10-18(17)30-21(35)14-36-26-32-31-25(37-26)33-19-11-6-12-20(34)23(19)22(16(13-28)24(33)29)15-7-2-1-3-8-15/h1-5,7-10,22H,6,11-12,14,29H2,(H,30,35). The van der Waals surface area contributed by atoms with Crippen LogP contribution in [0.5, 0.6) is 0 Å². The number of aromatic nitrogens is 2. The minimum atomic E-state index is -0.506. The Balaban J connectivity index is 1.42. The number of rotatable bonds is 6. The molecule has 1 aromatic heterocycles. The first-order chi connectivity index (χ1) is 18.0. The summed E-state index contributed by atoms with van der Waals surface area (Å²) in [6.07, 6.45) is 1.76. The summed E-state index contributed by atoms with van der Waals surface area (Å²) in [5.41, 5.74) is 9.80. The van der Waals surface area contributed by atoms with Crippen molar-refractivity contribution in [3.05, 3.63) is 87.3 Å². The number of para-hydroxylation sites is 1. The van der Waals surface area contributed by atoms with Gasteiger partial charge in [-0.05, 0) is 46.5 Å². The lowest BCUT2D eigenvalue weighted by atomic mass is 9.76. The fourth-order valence-corrected chi connectivity index (χ4v) is 6.58. The first-order valence-electron chi connectivity index (χ1n) is 11.5. The number of ketones is 1. The Morgan fingerprint density at radius 2 is 1.95 bits per heavy atom. The number of nitriles is 1. The minimum absolute atomic E-state index is 0.0169. The summed E-state index contributed by atoms with van der Waals surface area (Å²) in [5, 5.41) is 22.0. The molecular formula is C26H21BrN6O2S2. The third-order valence-corrected chi connectivity index (χ3v) is 8.84. The molecule has 186 valence electrons. The molecule has 1 aliphatic carbocycles. The maximum absolute atomic E-state index is 13.2. The van der Waals surface area contributed by atoms with Crippen LogP contribution in [0.3, 0.4) is 0 Å². The van der Waals surface area contributed by atoms with Crippen molar-refractivity contribution in [1.82, 2.24) is 10.2 Å². The van der Waals surface area contributed by atoms with Crippen LogP contribution in [-0.4, -0.2) is 27.6 Å². The normalized spacial score (nSPS) is 17.5. The molecule has 11 heteroatoms. The fraction of sp³-hybridized carbons (Fsp3) is 0.192. The van der Waals surface area contributed by atoms with E-state index in [2.05, 4.69) is 37.5 Å². The fourth-order valence-electron chi connectivity index (χ4n) is 4.51. The molecule has 2 heterocycles. The highest BCUT2D eigenvalue weighted by molar-refractivity contribution is 9.10. The molecule has 0 saturated heterocycles. The first-order valence-corrected chi connectivity index (χ1v) is 14.1. The van der Waals surface area contributed by atoms with Crippen LogP contribution < -0.4 is 16.0 Å². The van der Waals surface area contributed by atoms with Crippen LogP contribution in [-0.2, 0) is 9.59 Å². The number of nitrogens with two attached hydrogens (primary N) is 1. The largest absolute Gasteiger partial charge is 0.384 e. The lowest BCUT2D eigenvalue weighted by Gasteiger charge is -2.38. The molecule has 5 rings (SSSR count). The Morgan fingerprint density at radius 1 is 1.19 bits per heavy atom. The summed E-state index contributed by atoms with van der Waals surface area (Å²) < 4.78 is 1.38. The molecule has 3 N–H and O–H groups in total. The van der Waals surface area contributed by atoms with Crippen molar-refractivity contribution in [2.75, 3.05) is 16.0 Å². The van der Waals surface area contributed by atoms with Crippen LogP contribution in [0.25, 0.3) is 0 Å². The third kappa shape index (κ3) is 5.05. The number of nitrogens with one attached hydrogen (secondary N) is 1. The topological polar surface area (TPSA) is 125 Å². The highest BCUT2D eigenvalue weighted by atomic mass is 79.9. The van der Waals surface area contributed by atoms with Gasteiger partial charge in [-0.25, -0.2) is 0 Å². The molecule has 8 nitrogen and oxygen atoms in total. The van der Waals surface area contributed by atoms with Gasteiger partial charge in [-0.2, -0.15) is 5.26 Å². The van der Waals surface area contributed by atoms with E-state index in [9.17, 15) is 14.9 Å². The van der Waals surface area contributed by atoms with E-state index in [1.807, 2.05) is 54.6 Å². The summed E-state index contributed by atoms with van der Waals surface area (Å²) in [5.74, 6) is -0.264. The van der Waals surface area contributed by atoms with Crippen molar-refractivity contribution in [3.63, 3.8) is 0 Å². The number of anilines is 2. The number of hydrogen-bond acceptors (Lipinski definition) is 9. The van der Waals surface area contributed by atoms with E-state index in [4.69, 9.17) is 5.73 Å². The van der Waals surface area contributed by atoms with Gasteiger partial charge in [0.1, 0.15) is 5.82 Å². The number of allylic oxidation sites excluding steroid dienone is 3. The number of hydrogen-bond donors (Lipinski definition) is 2. The molecule has 0 spiro atoms.